The van der Waals surface area contributed by atoms with Crippen molar-refractivity contribution < 1.29 is 9.59 Å². The second kappa shape index (κ2) is 5.99. The minimum atomic E-state index is -0.216. The Balaban J connectivity index is 1.73. The first kappa shape index (κ1) is 14.9. The van der Waals surface area contributed by atoms with Crippen LogP contribution in [0.1, 0.15) is 11.1 Å². The molecule has 0 saturated heterocycles. The van der Waals surface area contributed by atoms with Gasteiger partial charge in [-0.1, -0.05) is 29.3 Å². The summed E-state index contributed by atoms with van der Waals surface area (Å²) in [6, 6.07) is 10.4. The van der Waals surface area contributed by atoms with Crippen molar-refractivity contribution in [3.63, 3.8) is 0 Å². The molecule has 2 aromatic rings. The monoisotopic (exact) mass is 334 g/mol. The molecule has 0 saturated carbocycles. The van der Waals surface area contributed by atoms with Gasteiger partial charge in [0, 0.05) is 21.4 Å². The Morgan fingerprint density at radius 3 is 2.64 bits per heavy atom. The second-order valence-electron chi connectivity index (χ2n) is 5.02. The average molecular weight is 335 g/mol. The van der Waals surface area contributed by atoms with Crippen molar-refractivity contribution in [2.75, 3.05) is 10.6 Å². The van der Waals surface area contributed by atoms with Gasteiger partial charge in [-0.2, -0.15) is 0 Å². The van der Waals surface area contributed by atoms with Crippen molar-refractivity contribution >= 4 is 46.4 Å². The van der Waals surface area contributed by atoms with Crippen LogP contribution in [0.2, 0.25) is 10.0 Å². The summed E-state index contributed by atoms with van der Waals surface area (Å²) in [7, 11) is 0. The normalized spacial score (nSPS) is 12.7. The quantitative estimate of drug-likeness (QED) is 0.899. The predicted octanol–water partition coefficient (Wildman–Crippen LogP) is 3.67. The van der Waals surface area contributed by atoms with Gasteiger partial charge in [-0.3, -0.25) is 9.59 Å². The van der Waals surface area contributed by atoms with Gasteiger partial charge in [-0.15, -0.1) is 0 Å². The Hall–Kier alpha value is -2.04. The van der Waals surface area contributed by atoms with Crippen LogP contribution in [0.25, 0.3) is 0 Å². The molecule has 0 atom stereocenters. The highest BCUT2D eigenvalue weighted by atomic mass is 35.5. The Bertz CT molecular complexity index is 754. The van der Waals surface area contributed by atoms with Crippen molar-refractivity contribution in [3.05, 3.63) is 57.6 Å². The number of benzene rings is 2. The minimum Gasteiger partial charge on any atom is -0.326 e. The van der Waals surface area contributed by atoms with Crippen LogP contribution in [0.4, 0.5) is 11.4 Å². The van der Waals surface area contributed by atoms with Crippen molar-refractivity contribution in [1.82, 2.24) is 0 Å². The first-order chi connectivity index (χ1) is 10.5. The van der Waals surface area contributed by atoms with Crippen molar-refractivity contribution in [2.45, 2.75) is 12.8 Å². The third-order valence-electron chi connectivity index (χ3n) is 3.41. The molecule has 6 heteroatoms. The van der Waals surface area contributed by atoms with Crippen molar-refractivity contribution in [2.24, 2.45) is 0 Å². The number of hydrogen-bond acceptors (Lipinski definition) is 2. The van der Waals surface area contributed by atoms with Gasteiger partial charge in [0.1, 0.15) is 0 Å². The van der Waals surface area contributed by atoms with Gasteiger partial charge in [-0.25, -0.2) is 0 Å². The summed E-state index contributed by atoms with van der Waals surface area (Å²) >= 11 is 12.1. The average Bonchev–Trinajstić information content (AvgIpc) is 2.82. The van der Waals surface area contributed by atoms with E-state index in [0.29, 0.717) is 27.7 Å². The maximum Gasteiger partial charge on any atom is 0.228 e. The van der Waals surface area contributed by atoms with E-state index in [4.69, 9.17) is 23.2 Å². The fourth-order valence-corrected chi connectivity index (χ4v) is 2.91. The summed E-state index contributed by atoms with van der Waals surface area (Å²) in [6.45, 7) is 0. The van der Waals surface area contributed by atoms with E-state index in [-0.39, 0.29) is 18.2 Å². The van der Waals surface area contributed by atoms with E-state index < -0.39 is 0 Å². The van der Waals surface area contributed by atoms with E-state index in [1.165, 1.54) is 0 Å². The molecular weight excluding hydrogens is 323 g/mol. The van der Waals surface area contributed by atoms with E-state index in [9.17, 15) is 9.59 Å². The number of hydrogen-bond donors (Lipinski definition) is 2. The zero-order valence-corrected chi connectivity index (χ0v) is 13.0. The molecule has 0 aliphatic carbocycles. The number of halogens is 2. The number of carbonyl (C=O) groups excluding carboxylic acids is 2. The van der Waals surface area contributed by atoms with Crippen LogP contribution in [0, 0.1) is 0 Å². The number of fused-ring (bicyclic) bond motifs is 1. The molecule has 0 fully saturated rings. The topological polar surface area (TPSA) is 58.2 Å². The SMILES string of the molecule is O=C(Cc1c(Cl)cccc1Cl)Nc1ccc2c(c1)CC(=O)N2. The van der Waals surface area contributed by atoms with Crippen LogP contribution in [-0.2, 0) is 22.4 Å². The minimum absolute atomic E-state index is 0.0404. The lowest BCUT2D eigenvalue weighted by Gasteiger charge is -2.09. The summed E-state index contributed by atoms with van der Waals surface area (Å²) in [4.78, 5) is 23.5. The second-order valence-corrected chi connectivity index (χ2v) is 5.84. The molecule has 0 bridgehead atoms. The standard InChI is InChI=1S/C16H12Cl2N2O2/c17-12-2-1-3-13(18)11(12)8-16(22)19-10-4-5-14-9(6-10)7-15(21)20-14/h1-6H,7-8H2,(H,19,22)(H,20,21). The molecule has 1 aliphatic rings. The summed E-state index contributed by atoms with van der Waals surface area (Å²) in [6.07, 6.45) is 0.419. The zero-order valence-electron chi connectivity index (χ0n) is 11.5. The highest BCUT2D eigenvalue weighted by Crippen LogP contribution is 2.27. The molecule has 4 nitrogen and oxygen atoms in total. The van der Waals surface area contributed by atoms with Crippen molar-refractivity contribution in [1.29, 1.82) is 0 Å². The molecule has 22 heavy (non-hydrogen) atoms. The molecule has 0 spiro atoms. The molecule has 1 heterocycles. The van der Waals surface area contributed by atoms with Crippen LogP contribution in [-0.4, -0.2) is 11.8 Å². The summed E-state index contributed by atoms with van der Waals surface area (Å²) in [5.41, 5.74) is 2.90. The fraction of sp³-hybridized carbons (Fsp3) is 0.125. The number of amides is 2. The molecule has 2 N–H and O–H groups in total. The van der Waals surface area contributed by atoms with E-state index in [2.05, 4.69) is 10.6 Å². The van der Waals surface area contributed by atoms with Gasteiger partial charge < -0.3 is 10.6 Å². The summed E-state index contributed by atoms with van der Waals surface area (Å²) < 4.78 is 0. The van der Waals surface area contributed by atoms with E-state index >= 15 is 0 Å². The highest BCUT2D eigenvalue weighted by molar-refractivity contribution is 6.36. The summed E-state index contributed by atoms with van der Waals surface area (Å²) in [5, 5.41) is 6.47. The molecule has 2 amide bonds. The van der Waals surface area contributed by atoms with Gasteiger partial charge in [0.05, 0.1) is 12.8 Å². The lowest BCUT2D eigenvalue weighted by Crippen LogP contribution is -2.15. The molecule has 2 aromatic carbocycles. The Morgan fingerprint density at radius 1 is 1.18 bits per heavy atom. The predicted molar refractivity (Wildman–Crippen MR) is 87.6 cm³/mol. The lowest BCUT2D eigenvalue weighted by molar-refractivity contribution is -0.116. The largest absolute Gasteiger partial charge is 0.326 e. The lowest BCUT2D eigenvalue weighted by atomic mass is 10.1. The number of rotatable bonds is 3. The zero-order chi connectivity index (χ0) is 15.7. The number of nitrogens with one attached hydrogen (secondary N) is 2. The number of carbonyl (C=O) groups is 2. The smallest absolute Gasteiger partial charge is 0.228 e. The fourth-order valence-electron chi connectivity index (χ4n) is 2.37. The van der Waals surface area contributed by atoms with Crippen LogP contribution in [0.5, 0.6) is 0 Å². The van der Waals surface area contributed by atoms with Gasteiger partial charge in [0.15, 0.2) is 0 Å². The first-order valence-electron chi connectivity index (χ1n) is 6.68. The Morgan fingerprint density at radius 2 is 1.91 bits per heavy atom. The molecule has 1 aliphatic heterocycles. The first-order valence-corrected chi connectivity index (χ1v) is 7.44. The molecule has 3 rings (SSSR count). The van der Waals surface area contributed by atoms with Crippen molar-refractivity contribution in [3.8, 4) is 0 Å². The molecule has 0 aromatic heterocycles. The summed E-state index contributed by atoms with van der Waals surface area (Å²) in [5.74, 6) is -0.256. The number of anilines is 2. The maximum absolute atomic E-state index is 12.1. The molecule has 0 unspecified atom stereocenters. The third kappa shape index (κ3) is 3.08. The molecule has 112 valence electrons. The van der Waals surface area contributed by atoms with E-state index in [1.807, 2.05) is 0 Å². The third-order valence-corrected chi connectivity index (χ3v) is 4.12. The van der Waals surface area contributed by atoms with Gasteiger partial charge in [-0.05, 0) is 41.5 Å². The van der Waals surface area contributed by atoms with Crippen LogP contribution < -0.4 is 10.6 Å². The van der Waals surface area contributed by atoms with Crippen LogP contribution in [0.3, 0.4) is 0 Å². The molecular formula is C16H12Cl2N2O2. The van der Waals surface area contributed by atoms with E-state index in [1.54, 1.807) is 36.4 Å². The maximum atomic E-state index is 12.1. The Kier molecular flexibility index (Phi) is 4.05. The van der Waals surface area contributed by atoms with Crippen LogP contribution >= 0.6 is 23.2 Å². The van der Waals surface area contributed by atoms with Gasteiger partial charge in [0.25, 0.3) is 0 Å². The highest BCUT2D eigenvalue weighted by Gasteiger charge is 2.18. The molecule has 0 radical (unpaired) electrons. The van der Waals surface area contributed by atoms with E-state index in [0.717, 1.165) is 11.3 Å². The van der Waals surface area contributed by atoms with Gasteiger partial charge >= 0.3 is 0 Å². The Labute approximate surface area is 137 Å². The van der Waals surface area contributed by atoms with Gasteiger partial charge in [0.2, 0.25) is 11.8 Å². The van der Waals surface area contributed by atoms with Crippen LogP contribution in [0.15, 0.2) is 36.4 Å².